The van der Waals surface area contributed by atoms with Crippen molar-refractivity contribution in [3.8, 4) is 0 Å². The molecule has 0 aliphatic carbocycles. The first-order valence-corrected chi connectivity index (χ1v) is 12.6. The molecule has 0 aromatic heterocycles. The van der Waals surface area contributed by atoms with Crippen LogP contribution in [-0.2, 0) is 14.7 Å². The molecule has 0 bridgehead atoms. The summed E-state index contributed by atoms with van der Waals surface area (Å²) in [5.41, 5.74) is 1.47. The van der Waals surface area contributed by atoms with Crippen molar-refractivity contribution >= 4 is 10.4 Å². The minimum Gasteiger partial charge on any atom is -0.344 e. The van der Waals surface area contributed by atoms with Crippen LogP contribution in [0.1, 0.15) is 130 Å². The van der Waals surface area contributed by atoms with Crippen molar-refractivity contribution in [1.29, 1.82) is 0 Å². The van der Waals surface area contributed by atoms with Crippen molar-refractivity contribution < 1.29 is 22.6 Å². The van der Waals surface area contributed by atoms with E-state index in [4.69, 9.17) is 18.2 Å². The Morgan fingerprint density at radius 1 is 0.724 bits per heavy atom. The molecule has 0 amide bonds. The zero-order valence-electron chi connectivity index (χ0n) is 19.3. The fraction of sp³-hybridized carbons (Fsp3) is 0.909. The van der Waals surface area contributed by atoms with E-state index < -0.39 is 10.4 Å². The zero-order chi connectivity index (χ0) is 21.5. The van der Waals surface area contributed by atoms with Gasteiger partial charge in [0.15, 0.2) is 0 Å². The molecule has 7 heteroatoms. The van der Waals surface area contributed by atoms with Gasteiger partial charge in [-0.15, -0.1) is 0 Å². The van der Waals surface area contributed by atoms with E-state index in [0.717, 1.165) is 0 Å². The first-order chi connectivity index (χ1) is 13.3. The van der Waals surface area contributed by atoms with E-state index in [-0.39, 0.29) is 6.15 Å². The number of allylic oxidation sites excluding steroid dienone is 2. The van der Waals surface area contributed by atoms with Crippen LogP contribution in [0.3, 0.4) is 0 Å². The molecule has 29 heavy (non-hydrogen) atoms. The van der Waals surface area contributed by atoms with Crippen molar-refractivity contribution in [3.05, 3.63) is 11.6 Å². The molecule has 0 rings (SSSR count). The van der Waals surface area contributed by atoms with Gasteiger partial charge in [-0.25, -0.2) is 5.26 Å². The second kappa shape index (κ2) is 25.6. The van der Waals surface area contributed by atoms with Gasteiger partial charge in [0.25, 0.3) is 0 Å². The van der Waals surface area contributed by atoms with E-state index in [1.54, 1.807) is 0 Å². The van der Waals surface area contributed by atoms with E-state index in [2.05, 4.69) is 31.2 Å². The van der Waals surface area contributed by atoms with E-state index in [1.165, 1.54) is 115 Å². The summed E-state index contributed by atoms with van der Waals surface area (Å²) in [6.07, 6.45) is 27.0. The number of unbranched alkanes of at least 4 members (excludes halogenated alkanes) is 16. The van der Waals surface area contributed by atoms with Crippen molar-refractivity contribution in [3.63, 3.8) is 0 Å². The molecule has 0 unspecified atom stereocenters. The number of rotatable bonds is 18. The second-order valence-corrected chi connectivity index (χ2v) is 8.88. The minimum atomic E-state index is -4.61. The molecule has 0 aliphatic rings. The van der Waals surface area contributed by atoms with Crippen LogP contribution in [0.5, 0.6) is 0 Å². The highest BCUT2D eigenvalue weighted by Crippen LogP contribution is 2.14. The highest BCUT2D eigenvalue weighted by atomic mass is 32.3. The average molecular weight is 440 g/mol. The van der Waals surface area contributed by atoms with Gasteiger partial charge in [0, 0.05) is 0 Å². The van der Waals surface area contributed by atoms with Gasteiger partial charge < -0.3 is 6.15 Å². The van der Waals surface area contributed by atoms with E-state index >= 15 is 0 Å². The molecule has 5 N–H and O–H groups in total. The maximum Gasteiger partial charge on any atom is 0.423 e. The summed E-state index contributed by atoms with van der Waals surface area (Å²) in [5, 5.41) is 7.06. The molecular formula is C22H49NO5S. The van der Waals surface area contributed by atoms with Crippen LogP contribution in [0.15, 0.2) is 11.6 Å². The van der Waals surface area contributed by atoms with Crippen LogP contribution in [0.4, 0.5) is 0 Å². The molecular weight excluding hydrogens is 390 g/mol. The minimum absolute atomic E-state index is 0. The van der Waals surface area contributed by atoms with Crippen LogP contribution in [-0.4, -0.2) is 18.2 Å². The van der Waals surface area contributed by atoms with Crippen molar-refractivity contribution in [2.75, 3.05) is 0 Å². The third-order valence-electron chi connectivity index (χ3n) is 4.70. The molecule has 0 radical (unpaired) electrons. The topological polar surface area (TPSA) is 119 Å². The van der Waals surface area contributed by atoms with Gasteiger partial charge in [-0.1, -0.05) is 119 Å². The summed E-state index contributed by atoms with van der Waals surface area (Å²) in [6.45, 7) is 6.70. The van der Waals surface area contributed by atoms with Crippen LogP contribution in [0.2, 0.25) is 0 Å². The Labute approximate surface area is 181 Å². The number of hydrogen-bond acceptors (Lipinski definition) is 5. The van der Waals surface area contributed by atoms with Crippen molar-refractivity contribution in [2.24, 2.45) is 0 Å². The van der Waals surface area contributed by atoms with Gasteiger partial charge >= 0.3 is 10.4 Å². The SMILES string of the molecule is CCCCCCCCCCCCCCCCCCC=C(C)C.N.O=S(=O)(O)OO. The van der Waals surface area contributed by atoms with Gasteiger partial charge in [-0.3, -0.25) is 4.55 Å². The lowest BCUT2D eigenvalue weighted by Gasteiger charge is -2.03. The first-order valence-electron chi connectivity index (χ1n) is 11.3. The molecule has 0 spiro atoms. The van der Waals surface area contributed by atoms with Crippen LogP contribution in [0.25, 0.3) is 0 Å². The molecule has 178 valence electrons. The first kappa shape index (κ1) is 33.2. The lowest BCUT2D eigenvalue weighted by Crippen LogP contribution is -1.97. The Balaban J connectivity index is -0.000000837. The summed E-state index contributed by atoms with van der Waals surface area (Å²) in [4.78, 5) is 0. The Kier molecular flexibility index (Phi) is 29.2. The molecule has 0 atom stereocenters. The standard InChI is InChI=1S/C22H44.H3N.H2O5S/c1-4-5-6-7-8-9-10-11-12-13-14-15-16-17-18-19-20-21-22(2)3;;1-5-6(2,3)4/h21H,4-20H2,1-3H3;1H3;1H,(H,2,3,4). The van der Waals surface area contributed by atoms with Crippen molar-refractivity contribution in [2.45, 2.75) is 130 Å². The third kappa shape index (κ3) is 38.7. The van der Waals surface area contributed by atoms with E-state index in [9.17, 15) is 0 Å². The van der Waals surface area contributed by atoms with E-state index in [1.807, 2.05) is 0 Å². The number of hydrogen-bond donors (Lipinski definition) is 3. The van der Waals surface area contributed by atoms with Gasteiger partial charge in [0.1, 0.15) is 0 Å². The summed E-state index contributed by atoms with van der Waals surface area (Å²) in [6, 6.07) is 0. The smallest absolute Gasteiger partial charge is 0.344 e. The van der Waals surface area contributed by atoms with Crippen molar-refractivity contribution in [1.82, 2.24) is 6.15 Å². The average Bonchev–Trinajstić information content (AvgIpc) is 2.64. The Morgan fingerprint density at radius 2 is 1.00 bits per heavy atom. The molecule has 0 aliphatic heterocycles. The molecule has 0 fully saturated rings. The molecule has 0 saturated carbocycles. The van der Waals surface area contributed by atoms with Crippen LogP contribution >= 0.6 is 0 Å². The zero-order valence-corrected chi connectivity index (χ0v) is 20.1. The Hall–Kier alpha value is -0.470. The lowest BCUT2D eigenvalue weighted by molar-refractivity contribution is -0.139. The van der Waals surface area contributed by atoms with Crippen LogP contribution < -0.4 is 6.15 Å². The second-order valence-electron chi connectivity index (χ2n) is 7.88. The predicted molar refractivity (Wildman–Crippen MR) is 124 cm³/mol. The third-order valence-corrected chi connectivity index (χ3v) is 4.89. The monoisotopic (exact) mass is 439 g/mol. The Bertz CT molecular complexity index is 434. The molecule has 0 aromatic carbocycles. The maximum absolute atomic E-state index is 9.08. The molecule has 6 nitrogen and oxygen atoms in total. The van der Waals surface area contributed by atoms with Gasteiger partial charge in [0.05, 0.1) is 0 Å². The molecule has 0 aromatic rings. The predicted octanol–water partition coefficient (Wildman–Crippen LogP) is 8.05. The van der Waals surface area contributed by atoms with Gasteiger partial charge in [-0.05, 0) is 26.7 Å². The quantitative estimate of drug-likeness (QED) is 0.0653. The normalized spacial score (nSPS) is 10.7. The summed E-state index contributed by atoms with van der Waals surface area (Å²) in [7, 11) is -4.61. The van der Waals surface area contributed by atoms with Crippen LogP contribution in [0, 0.1) is 0 Å². The largest absolute Gasteiger partial charge is 0.423 e. The maximum atomic E-state index is 9.08. The summed E-state index contributed by atoms with van der Waals surface area (Å²) < 4.78 is 28.0. The molecule has 0 saturated heterocycles. The highest BCUT2D eigenvalue weighted by Gasteiger charge is 1.97. The lowest BCUT2D eigenvalue weighted by atomic mass is 10.0. The van der Waals surface area contributed by atoms with E-state index in [0.29, 0.717) is 0 Å². The summed E-state index contributed by atoms with van der Waals surface area (Å²) >= 11 is 0. The van der Waals surface area contributed by atoms with Gasteiger partial charge in [-0.2, -0.15) is 8.42 Å². The Morgan fingerprint density at radius 3 is 1.24 bits per heavy atom. The summed E-state index contributed by atoms with van der Waals surface area (Å²) in [5.74, 6) is 0. The van der Waals surface area contributed by atoms with Gasteiger partial charge in [0.2, 0.25) is 0 Å². The highest BCUT2D eigenvalue weighted by molar-refractivity contribution is 7.80. The fourth-order valence-electron chi connectivity index (χ4n) is 3.08. The fourth-order valence-corrected chi connectivity index (χ4v) is 3.08. The molecule has 0 heterocycles.